The molecule has 4 saturated heterocycles. The molecule has 0 aromatic rings. The monoisotopic (exact) mass is 488 g/mol. The van der Waals surface area contributed by atoms with Gasteiger partial charge in [-0.15, -0.1) is 0 Å². The highest BCUT2D eigenvalue weighted by Crippen LogP contribution is 2.32. The molecule has 7 unspecified atom stereocenters. The van der Waals surface area contributed by atoms with Gasteiger partial charge in [0, 0.05) is 69.9 Å². The van der Waals surface area contributed by atoms with Crippen molar-refractivity contribution >= 4 is 10.0 Å². The van der Waals surface area contributed by atoms with Crippen LogP contribution in [0.4, 0.5) is 13.2 Å². The molecule has 0 aliphatic carbocycles. The average Bonchev–Trinajstić information content (AvgIpc) is 3.45. The topological polar surface area (TPSA) is 101 Å². The summed E-state index contributed by atoms with van der Waals surface area (Å²) in [5.41, 5.74) is 5.67. The Kier molecular flexibility index (Phi) is 5.99. The molecule has 7 atom stereocenters. The predicted molar refractivity (Wildman–Crippen MR) is 111 cm³/mol. The summed E-state index contributed by atoms with van der Waals surface area (Å²) in [7, 11) is -1.02. The van der Waals surface area contributed by atoms with Crippen LogP contribution in [0.25, 0.3) is 0 Å². The Morgan fingerprint density at radius 2 is 1.91 bits per heavy atom. The molecule has 0 spiro atoms. The fraction of sp³-hybridized carbons (Fsp3) is 1.00. The van der Waals surface area contributed by atoms with Crippen molar-refractivity contribution in [1.29, 1.82) is 0 Å². The normalized spacial score (nSPS) is 41.9. The first-order valence-corrected chi connectivity index (χ1v) is 12.3. The van der Waals surface area contributed by atoms with Crippen molar-refractivity contribution < 1.29 is 30.4 Å². The van der Waals surface area contributed by atoms with Gasteiger partial charge in [-0.05, 0) is 12.8 Å². The van der Waals surface area contributed by atoms with Crippen LogP contribution in [-0.2, 0) is 14.8 Å². The molecule has 4 fully saturated rings. The molecule has 14 heteroatoms. The Morgan fingerprint density at radius 1 is 1.12 bits per heavy atom. The second-order valence-corrected chi connectivity index (χ2v) is 11.2. The van der Waals surface area contributed by atoms with Gasteiger partial charge in [0.05, 0.1) is 23.4 Å². The Hall–Kier alpha value is -0.580. The van der Waals surface area contributed by atoms with Crippen molar-refractivity contribution in [1.82, 2.24) is 35.8 Å². The number of fused-ring (bicyclic) bond motifs is 1. The summed E-state index contributed by atoms with van der Waals surface area (Å²) in [5.74, 6) is -1.60. The SMILES string of the molecule is [2H]C([2H])([2H])N1NCC2CNC(OC)C(N(C)S(=O)(=O)C3CCC(N4CC(C(F)(F)F)CN4)NC3)C21. The fourth-order valence-corrected chi connectivity index (χ4v) is 7.05. The number of hydrogen-bond donors (Lipinski definition) is 4. The third-order valence-electron chi connectivity index (χ3n) is 7.18. The smallest absolute Gasteiger partial charge is 0.365 e. The van der Waals surface area contributed by atoms with Gasteiger partial charge >= 0.3 is 6.18 Å². The predicted octanol–water partition coefficient (Wildman–Crippen LogP) is -1.30. The summed E-state index contributed by atoms with van der Waals surface area (Å²) in [6, 6.07) is -1.43. The Bertz CT molecular complexity index is 861. The zero-order valence-electron chi connectivity index (χ0n) is 21.1. The Morgan fingerprint density at radius 3 is 2.50 bits per heavy atom. The number of piperidine rings is 2. The van der Waals surface area contributed by atoms with Crippen molar-refractivity contribution in [3.63, 3.8) is 0 Å². The van der Waals surface area contributed by atoms with E-state index < -0.39 is 58.8 Å². The van der Waals surface area contributed by atoms with Crippen molar-refractivity contribution in [3.05, 3.63) is 0 Å². The maximum Gasteiger partial charge on any atom is 0.394 e. The minimum Gasteiger partial charge on any atom is -0.365 e. The largest absolute Gasteiger partial charge is 0.394 e. The molecule has 32 heavy (non-hydrogen) atoms. The number of nitrogens with zero attached hydrogens (tertiary/aromatic N) is 3. The van der Waals surface area contributed by atoms with Crippen LogP contribution in [0.1, 0.15) is 17.0 Å². The molecule has 0 saturated carbocycles. The van der Waals surface area contributed by atoms with Crippen LogP contribution in [0.5, 0.6) is 0 Å². The van der Waals surface area contributed by atoms with Crippen molar-refractivity contribution in [2.45, 2.75) is 48.7 Å². The summed E-state index contributed by atoms with van der Waals surface area (Å²) < 4.78 is 96.7. The zero-order chi connectivity index (χ0) is 25.8. The number of likely N-dealkylation sites (N-methyl/N-ethyl adjacent to an activating group) is 2. The number of sulfonamides is 1. The molecular weight excluding hydrogens is 451 g/mol. The summed E-state index contributed by atoms with van der Waals surface area (Å²) in [5, 5.41) is 8.11. The molecule has 0 aromatic carbocycles. The maximum absolute atomic E-state index is 13.6. The van der Waals surface area contributed by atoms with Crippen molar-refractivity contribution in [3.8, 4) is 0 Å². The van der Waals surface area contributed by atoms with Gasteiger partial charge in [0.25, 0.3) is 0 Å². The molecule has 10 nitrogen and oxygen atoms in total. The number of hydrogen-bond acceptors (Lipinski definition) is 9. The van der Waals surface area contributed by atoms with E-state index in [0.717, 1.165) is 5.01 Å². The summed E-state index contributed by atoms with van der Waals surface area (Å²) >= 11 is 0. The lowest BCUT2D eigenvalue weighted by molar-refractivity contribution is -0.167. The van der Waals surface area contributed by atoms with E-state index >= 15 is 0 Å². The van der Waals surface area contributed by atoms with E-state index in [0.29, 0.717) is 19.5 Å². The van der Waals surface area contributed by atoms with Crippen LogP contribution >= 0.6 is 0 Å². The van der Waals surface area contributed by atoms with E-state index in [-0.39, 0.29) is 32.0 Å². The highest BCUT2D eigenvalue weighted by atomic mass is 32.2. The molecule has 4 rings (SSSR count). The molecule has 0 radical (unpaired) electrons. The Labute approximate surface area is 191 Å². The van der Waals surface area contributed by atoms with Crippen LogP contribution in [0.3, 0.4) is 0 Å². The molecule has 0 amide bonds. The number of halogens is 3. The van der Waals surface area contributed by atoms with Gasteiger partial charge in [-0.25, -0.2) is 18.4 Å². The highest BCUT2D eigenvalue weighted by Gasteiger charge is 2.51. The Balaban J connectivity index is 1.45. The zero-order valence-corrected chi connectivity index (χ0v) is 18.9. The van der Waals surface area contributed by atoms with E-state index in [1.807, 2.05) is 0 Å². The number of hydrazine groups is 2. The molecule has 4 heterocycles. The summed E-state index contributed by atoms with van der Waals surface area (Å²) in [6.45, 7) is -1.92. The van der Waals surface area contributed by atoms with Crippen molar-refractivity contribution in [2.75, 3.05) is 53.9 Å². The molecule has 186 valence electrons. The third kappa shape index (κ3) is 4.53. The number of methoxy groups -OCH3 is 1. The first kappa shape index (κ1) is 20.8. The van der Waals surface area contributed by atoms with Gasteiger partial charge in [0.15, 0.2) is 0 Å². The van der Waals surface area contributed by atoms with E-state index in [2.05, 4.69) is 21.5 Å². The molecule has 0 bridgehead atoms. The van der Waals surface area contributed by atoms with Gasteiger partial charge in [-0.1, -0.05) is 0 Å². The lowest BCUT2D eigenvalue weighted by Gasteiger charge is -2.46. The van der Waals surface area contributed by atoms with Gasteiger partial charge < -0.3 is 4.74 Å². The first-order valence-electron chi connectivity index (χ1n) is 12.3. The lowest BCUT2D eigenvalue weighted by Crippen LogP contribution is -2.67. The first-order chi connectivity index (χ1) is 16.2. The molecule has 4 aliphatic rings. The van der Waals surface area contributed by atoms with Gasteiger partial charge in [-0.2, -0.15) is 17.5 Å². The third-order valence-corrected chi connectivity index (χ3v) is 9.47. The minimum atomic E-state index is -4.29. The summed E-state index contributed by atoms with van der Waals surface area (Å²) in [4.78, 5) is 0. The molecular formula is C18H34F3N7O3S. The van der Waals surface area contributed by atoms with Crippen LogP contribution < -0.4 is 21.5 Å². The maximum atomic E-state index is 13.6. The van der Waals surface area contributed by atoms with E-state index in [9.17, 15) is 21.6 Å². The lowest BCUT2D eigenvalue weighted by atomic mass is 9.89. The van der Waals surface area contributed by atoms with Gasteiger partial charge in [-0.3, -0.25) is 21.5 Å². The van der Waals surface area contributed by atoms with Gasteiger partial charge in [0.2, 0.25) is 10.0 Å². The number of nitrogens with one attached hydrogen (secondary N) is 4. The number of alkyl halides is 3. The van der Waals surface area contributed by atoms with Crippen molar-refractivity contribution in [2.24, 2.45) is 11.8 Å². The number of rotatable bonds is 5. The van der Waals surface area contributed by atoms with Crippen LogP contribution in [0, 0.1) is 11.8 Å². The fourth-order valence-electron chi connectivity index (χ4n) is 5.26. The summed E-state index contributed by atoms with van der Waals surface area (Å²) in [6.07, 6.45) is -4.80. The second kappa shape index (κ2) is 9.23. The number of ether oxygens (including phenoxy) is 1. The van der Waals surface area contributed by atoms with E-state index in [4.69, 9.17) is 8.85 Å². The molecule has 4 aliphatic heterocycles. The minimum absolute atomic E-state index is 0.0688. The van der Waals surface area contributed by atoms with Crippen LogP contribution in [0.2, 0.25) is 0 Å². The highest BCUT2D eigenvalue weighted by molar-refractivity contribution is 7.89. The van der Waals surface area contributed by atoms with E-state index in [1.54, 1.807) is 0 Å². The molecule has 4 N–H and O–H groups in total. The van der Waals surface area contributed by atoms with Gasteiger partial charge in [0.1, 0.15) is 6.23 Å². The second-order valence-electron chi connectivity index (χ2n) is 8.98. The standard InChI is InChI=1S/C18H34F3N7O3S/c1-26-15-11(7-24-26)6-23-17(31-3)16(15)27(2)32(29,30)13-4-5-14(22-9-13)28-10-12(8-25-28)18(19,20)21/h11-17,22-25H,4-10H2,1-3H3/i1D3. The van der Waals surface area contributed by atoms with Crippen LogP contribution in [0.15, 0.2) is 0 Å². The molecule has 0 aromatic heterocycles. The average molecular weight is 489 g/mol. The van der Waals surface area contributed by atoms with Crippen LogP contribution in [-0.4, -0.2) is 113 Å². The quantitative estimate of drug-likeness (QED) is 0.376. The van der Waals surface area contributed by atoms with E-state index in [1.165, 1.54) is 23.5 Å².